The summed E-state index contributed by atoms with van der Waals surface area (Å²) in [6, 6.07) is 38.0. The molecule has 640 valence electrons. The third-order valence-corrected chi connectivity index (χ3v) is 16.0. The van der Waals surface area contributed by atoms with Crippen molar-refractivity contribution in [3.63, 3.8) is 0 Å². The van der Waals surface area contributed by atoms with Crippen LogP contribution in [0.5, 0.6) is 0 Å². The van der Waals surface area contributed by atoms with Crippen molar-refractivity contribution in [2.75, 3.05) is 330 Å². The highest BCUT2D eigenvalue weighted by atomic mass is 16.6. The summed E-state index contributed by atoms with van der Waals surface area (Å²) >= 11 is 0. The van der Waals surface area contributed by atoms with Crippen molar-refractivity contribution in [1.29, 1.82) is 0 Å². The number of hydrogen-bond acceptors (Lipinski definition) is 30. The van der Waals surface area contributed by atoms with Crippen molar-refractivity contribution in [2.24, 2.45) is 0 Å². The van der Waals surface area contributed by atoms with Crippen LogP contribution in [0.4, 0.5) is 0 Å². The van der Waals surface area contributed by atoms with Crippen LogP contribution in [0.1, 0.15) is 22.3 Å². The molecule has 0 saturated heterocycles. The van der Waals surface area contributed by atoms with Gasteiger partial charge in [0.05, 0.1) is 356 Å². The first-order valence-electron chi connectivity index (χ1n) is 39.7. The molecule has 0 bridgehead atoms. The molecule has 0 aliphatic carbocycles. The molecule has 0 fully saturated rings. The van der Waals surface area contributed by atoms with Crippen molar-refractivity contribution in [1.82, 2.24) is 30.0 Å². The van der Waals surface area contributed by atoms with E-state index in [-0.39, 0.29) is 13.2 Å². The molecule has 4 aromatic carbocycles. The van der Waals surface area contributed by atoms with E-state index in [0.29, 0.717) is 330 Å². The highest BCUT2D eigenvalue weighted by molar-refractivity contribution is 6.04. The normalized spacial score (nSPS) is 11.9. The number of aromatic nitrogens is 6. The van der Waals surface area contributed by atoms with Crippen LogP contribution >= 0.6 is 0 Å². The summed E-state index contributed by atoms with van der Waals surface area (Å²) in [7, 11) is 0. The fourth-order valence-electron chi connectivity index (χ4n) is 10.3. The smallest absolute Gasteiger partial charge is 0.113 e. The molecule has 6 aromatic rings. The van der Waals surface area contributed by atoms with Gasteiger partial charge in [0.25, 0.3) is 0 Å². The van der Waals surface area contributed by atoms with E-state index in [4.69, 9.17) is 124 Å². The molecule has 32 nitrogen and oxygen atoms in total. The Labute approximate surface area is 672 Å². The Morgan fingerprint density at radius 1 is 0.202 bits per heavy atom. The maximum absolute atomic E-state index is 8.65. The number of ether oxygens (including phenoxy) is 24. The van der Waals surface area contributed by atoms with Gasteiger partial charge in [-0.05, 0) is 33.4 Å². The number of hydrogen-bond donors (Lipinski definition) is 2. The molecule has 0 amide bonds. The van der Waals surface area contributed by atoms with E-state index < -0.39 is 0 Å². The molecule has 0 aliphatic heterocycles. The maximum atomic E-state index is 8.65. The largest absolute Gasteiger partial charge is 0.394 e. The molecule has 0 radical (unpaired) electrons. The lowest BCUT2D eigenvalue weighted by Crippen LogP contribution is -2.15. The number of nitrogens with zero attached hydrogens (tertiary/aromatic N) is 6. The zero-order chi connectivity index (χ0) is 79.6. The van der Waals surface area contributed by atoms with Gasteiger partial charge >= 0.3 is 0 Å². The number of aliphatic hydroxyl groups excluding tert-OH is 2. The summed E-state index contributed by atoms with van der Waals surface area (Å²) in [5.41, 5.74) is 9.90. The summed E-state index contributed by atoms with van der Waals surface area (Å²) < 4.78 is 136. The molecule has 0 atom stereocenters. The molecule has 2 N–H and O–H groups in total. The summed E-state index contributed by atoms with van der Waals surface area (Å²) in [4.78, 5) is 0. The predicted molar refractivity (Wildman–Crippen MR) is 423 cm³/mol. The first kappa shape index (κ1) is 96.7. The van der Waals surface area contributed by atoms with Crippen LogP contribution in [0.25, 0.3) is 33.7 Å². The Bertz CT molecular complexity index is 2930. The molecule has 0 unspecified atom stereocenters. The lowest BCUT2D eigenvalue weighted by atomic mass is 9.85. The summed E-state index contributed by atoms with van der Waals surface area (Å²) in [6.45, 7) is 23.5. The van der Waals surface area contributed by atoms with Gasteiger partial charge in [-0.15, -0.1) is 10.2 Å². The second-order valence-corrected chi connectivity index (χ2v) is 24.5. The first-order chi connectivity index (χ1) is 56.7. The maximum Gasteiger partial charge on any atom is 0.113 e. The van der Waals surface area contributed by atoms with Gasteiger partial charge in [-0.1, -0.05) is 120 Å². The van der Waals surface area contributed by atoms with Gasteiger partial charge in [0.15, 0.2) is 0 Å². The van der Waals surface area contributed by atoms with E-state index in [2.05, 4.69) is 118 Å². The van der Waals surface area contributed by atoms with Crippen LogP contribution in [0.2, 0.25) is 0 Å². The highest BCUT2D eigenvalue weighted by Crippen LogP contribution is 2.38. The zero-order valence-electron chi connectivity index (χ0n) is 66.7. The lowest BCUT2D eigenvalue weighted by molar-refractivity contribution is -0.0286. The fraction of sp³-hybridized carbons (Fsp3) is 0.634. The van der Waals surface area contributed by atoms with Crippen LogP contribution in [0.3, 0.4) is 0 Å². The number of rotatable bonds is 82. The summed E-state index contributed by atoms with van der Waals surface area (Å²) in [5.74, 6) is 0. The second-order valence-electron chi connectivity index (χ2n) is 24.5. The van der Waals surface area contributed by atoms with Crippen LogP contribution in [-0.2, 0) is 127 Å². The third-order valence-electron chi connectivity index (χ3n) is 16.0. The van der Waals surface area contributed by atoms with Gasteiger partial charge in [0.1, 0.15) is 11.4 Å². The Balaban J connectivity index is 0.729. The Kier molecular flexibility index (Phi) is 60.2. The van der Waals surface area contributed by atoms with Crippen molar-refractivity contribution in [3.05, 3.63) is 144 Å². The molecule has 0 saturated carbocycles. The van der Waals surface area contributed by atoms with E-state index in [1.807, 2.05) is 24.5 Å². The van der Waals surface area contributed by atoms with Crippen molar-refractivity contribution in [3.8, 4) is 22.5 Å². The molecular formula is C82H126N6O26. The average Bonchev–Trinajstić information content (AvgIpc) is 0.899. The van der Waals surface area contributed by atoms with Gasteiger partial charge in [0, 0.05) is 11.1 Å². The van der Waals surface area contributed by atoms with Gasteiger partial charge in [-0.2, -0.15) is 0 Å². The highest BCUT2D eigenvalue weighted by Gasteiger charge is 2.18. The number of aliphatic hydroxyl groups is 2. The summed E-state index contributed by atoms with van der Waals surface area (Å²) in [5, 5.41) is 35.1. The fourth-order valence-corrected chi connectivity index (χ4v) is 10.3. The average molecular weight is 1610 g/mol. The Hall–Kier alpha value is -6.14. The standard InChI is InChI=1S/C82H126N6O26/c89-21-25-93-29-33-97-37-41-101-45-49-105-53-57-109-61-65-113-69-67-111-63-59-107-55-51-103-47-43-99-39-35-95-31-27-91-23-19-87-71-79(83-85-87)73-11-15-77(16-12-73)81(75-7-3-1-4-8-75)82(76-9-5-2-6-10-76)78-17-13-74(14-18-78)80-72-88(86-84-80)20-24-92-28-32-96-36-40-100-44-48-104-52-56-108-60-64-112-68-70-114-66-62-110-58-54-106-50-46-102-42-38-98-34-30-94-26-22-90/h1-18,71-72,89-90H,19-70H2/b82-81+. The van der Waals surface area contributed by atoms with E-state index in [0.717, 1.165) is 55.9 Å². The van der Waals surface area contributed by atoms with Crippen LogP contribution in [0, 0.1) is 0 Å². The Morgan fingerprint density at radius 2 is 0.368 bits per heavy atom. The molecule has 0 spiro atoms. The minimum atomic E-state index is 0.0134. The molecular weight excluding hydrogens is 1480 g/mol. The molecule has 6 rings (SSSR count). The van der Waals surface area contributed by atoms with E-state index >= 15 is 0 Å². The van der Waals surface area contributed by atoms with Gasteiger partial charge in [0.2, 0.25) is 0 Å². The monoisotopic (exact) mass is 1610 g/mol. The molecule has 2 heterocycles. The van der Waals surface area contributed by atoms with Crippen molar-refractivity contribution >= 4 is 11.1 Å². The Morgan fingerprint density at radius 3 is 0.553 bits per heavy atom. The van der Waals surface area contributed by atoms with Crippen LogP contribution in [-0.4, -0.2) is 371 Å². The van der Waals surface area contributed by atoms with E-state index in [1.165, 1.54) is 0 Å². The quantitative estimate of drug-likeness (QED) is 0.0347. The van der Waals surface area contributed by atoms with Gasteiger partial charge in [-0.3, -0.25) is 0 Å². The number of benzene rings is 4. The van der Waals surface area contributed by atoms with Crippen LogP contribution < -0.4 is 0 Å². The topological polar surface area (TPSA) is 323 Å². The van der Waals surface area contributed by atoms with Crippen molar-refractivity contribution < 1.29 is 124 Å². The van der Waals surface area contributed by atoms with Gasteiger partial charge in [-0.25, -0.2) is 9.36 Å². The molecule has 0 aliphatic rings. The van der Waals surface area contributed by atoms with Crippen LogP contribution in [0.15, 0.2) is 122 Å². The minimum absolute atomic E-state index is 0.0134. The molecule has 2 aromatic heterocycles. The summed E-state index contributed by atoms with van der Waals surface area (Å²) in [6.07, 6.45) is 3.88. The zero-order valence-corrected chi connectivity index (χ0v) is 66.7. The SMILES string of the molecule is OCCOCCOCCOCCOCCOCCOCCOCCOCCOCCOCCOCCOCCn1cc(-c2ccc(/C(=C(\c3ccccc3)c3ccc(-c4cn(CCOCCOCCOCCOCCOCCOCCOCCOCCOCCOCCOCCOCCO)nn4)cc3)c3ccccc3)cc2)nn1. The van der Waals surface area contributed by atoms with E-state index in [1.54, 1.807) is 9.36 Å². The van der Waals surface area contributed by atoms with E-state index in [9.17, 15) is 0 Å². The molecule has 114 heavy (non-hydrogen) atoms. The minimum Gasteiger partial charge on any atom is -0.394 e. The molecule has 32 heteroatoms. The third kappa shape index (κ3) is 49.2. The first-order valence-corrected chi connectivity index (χ1v) is 39.7. The second kappa shape index (κ2) is 71.0. The lowest BCUT2D eigenvalue weighted by Gasteiger charge is -2.18. The van der Waals surface area contributed by atoms with Gasteiger partial charge < -0.3 is 124 Å². The van der Waals surface area contributed by atoms with Crippen molar-refractivity contribution in [2.45, 2.75) is 13.1 Å². The predicted octanol–water partition coefficient (Wildman–Crippen LogP) is 5.59.